The van der Waals surface area contributed by atoms with Gasteiger partial charge in [-0.3, -0.25) is 4.79 Å². The Morgan fingerprint density at radius 2 is 2.03 bits per heavy atom. The molecule has 1 fully saturated rings. The number of anilines is 1. The number of aromatic nitrogens is 1. The molecule has 0 bridgehead atoms. The Hall–Kier alpha value is -3.36. The third-order valence-corrected chi connectivity index (χ3v) is 4.97. The van der Waals surface area contributed by atoms with E-state index in [1.165, 1.54) is 6.07 Å². The van der Waals surface area contributed by atoms with E-state index >= 15 is 4.39 Å². The lowest BCUT2D eigenvalue weighted by Gasteiger charge is -2.40. The number of ether oxygens (including phenoxy) is 2. The molecule has 12 heteroatoms. The van der Waals surface area contributed by atoms with E-state index in [1.54, 1.807) is 6.07 Å². The molecule has 3 heterocycles. The summed E-state index contributed by atoms with van der Waals surface area (Å²) in [7, 11) is 0. The maximum absolute atomic E-state index is 15.5. The molecule has 1 aromatic heterocycles. The largest absolute Gasteiger partial charge is 0.448 e. The zero-order valence-electron chi connectivity index (χ0n) is 15.7. The first-order chi connectivity index (χ1) is 14.3. The van der Waals surface area contributed by atoms with Crippen molar-refractivity contribution in [2.45, 2.75) is 11.3 Å². The van der Waals surface area contributed by atoms with Gasteiger partial charge in [-0.15, -0.1) is 12.4 Å². The molecule has 0 radical (unpaired) electrons. The van der Waals surface area contributed by atoms with Gasteiger partial charge in [-0.05, 0) is 24.3 Å². The van der Waals surface area contributed by atoms with E-state index in [4.69, 9.17) is 20.5 Å². The molecule has 8 nitrogen and oxygen atoms in total. The van der Waals surface area contributed by atoms with Crippen molar-refractivity contribution in [2.75, 3.05) is 25.1 Å². The Labute approximate surface area is 180 Å². The topological polar surface area (TPSA) is 123 Å². The average molecular weight is 454 g/mol. The molecule has 2 aromatic rings. The number of halogens is 4. The van der Waals surface area contributed by atoms with Gasteiger partial charge in [-0.2, -0.15) is 5.26 Å². The fraction of sp³-hybridized carbons (Fsp3) is 0.263. The van der Waals surface area contributed by atoms with Crippen LogP contribution >= 0.6 is 12.4 Å². The quantitative estimate of drug-likeness (QED) is 0.734. The van der Waals surface area contributed by atoms with Gasteiger partial charge in [0.15, 0.2) is 17.2 Å². The minimum atomic E-state index is -2.17. The number of aliphatic imine (C=N–C) groups is 1. The fourth-order valence-electron chi connectivity index (χ4n) is 3.45. The van der Waals surface area contributed by atoms with Gasteiger partial charge in [0, 0.05) is 17.4 Å². The Kier molecular flexibility index (Phi) is 5.80. The Balaban J connectivity index is 0.00000272. The summed E-state index contributed by atoms with van der Waals surface area (Å²) < 4.78 is 54.9. The van der Waals surface area contributed by atoms with Crippen LogP contribution < -0.4 is 11.1 Å². The average Bonchev–Trinajstić information content (AvgIpc) is 3.06. The molecule has 4 rings (SSSR count). The standard InChI is InChI=1S/C19H14F3N5O3.ClH/c20-13-2-1-11(27-16(28)15-14(21)3-10(5-23)6-25-15)4-12(13)19-9-29-8-18(19,22)7-26-17(24)30-19;/h1-4,6H,7-9H2,(H2,24,26)(H,27,28);1H/t18-,19-;/m1./s1. The number of nitrogens with two attached hydrogens (primary N) is 1. The number of carbonyl (C=O) groups excluding carboxylic acids is 1. The van der Waals surface area contributed by atoms with Gasteiger partial charge >= 0.3 is 0 Å². The van der Waals surface area contributed by atoms with Crippen LogP contribution in [0.1, 0.15) is 21.6 Å². The minimum absolute atomic E-state index is 0. The van der Waals surface area contributed by atoms with Crippen LogP contribution in [0.25, 0.3) is 0 Å². The summed E-state index contributed by atoms with van der Waals surface area (Å²) in [6, 6.07) is 5.64. The molecular weight excluding hydrogens is 439 g/mol. The molecule has 0 spiro atoms. The molecule has 2 aliphatic rings. The number of benzene rings is 1. The summed E-state index contributed by atoms with van der Waals surface area (Å²) in [5.74, 6) is -2.75. The number of nitrogens with one attached hydrogen (secondary N) is 1. The van der Waals surface area contributed by atoms with E-state index in [1.807, 2.05) is 0 Å². The van der Waals surface area contributed by atoms with Gasteiger partial charge in [-0.1, -0.05) is 0 Å². The van der Waals surface area contributed by atoms with Crippen LogP contribution in [0.5, 0.6) is 0 Å². The second kappa shape index (κ2) is 8.05. The number of alkyl halides is 1. The molecule has 0 aliphatic carbocycles. The zero-order valence-corrected chi connectivity index (χ0v) is 16.5. The highest BCUT2D eigenvalue weighted by Gasteiger charge is 2.63. The van der Waals surface area contributed by atoms with E-state index in [-0.39, 0.29) is 55.0 Å². The van der Waals surface area contributed by atoms with E-state index < -0.39 is 34.5 Å². The lowest BCUT2D eigenvalue weighted by molar-refractivity contribution is -0.0718. The normalized spacial score (nSPS) is 24.1. The van der Waals surface area contributed by atoms with Crippen molar-refractivity contribution >= 4 is 30.0 Å². The molecule has 31 heavy (non-hydrogen) atoms. The van der Waals surface area contributed by atoms with Crippen molar-refractivity contribution in [3.63, 3.8) is 0 Å². The first kappa shape index (κ1) is 22.3. The number of pyridine rings is 1. The Morgan fingerprint density at radius 1 is 1.26 bits per heavy atom. The van der Waals surface area contributed by atoms with Crippen LogP contribution in [0.4, 0.5) is 18.9 Å². The fourth-order valence-corrected chi connectivity index (χ4v) is 3.45. The number of fused-ring (bicyclic) bond motifs is 1. The summed E-state index contributed by atoms with van der Waals surface area (Å²) >= 11 is 0. The molecule has 3 N–H and O–H groups in total. The lowest BCUT2D eigenvalue weighted by atomic mass is 9.80. The van der Waals surface area contributed by atoms with Crippen molar-refractivity contribution < 1.29 is 27.4 Å². The predicted molar refractivity (Wildman–Crippen MR) is 104 cm³/mol. The molecule has 2 atom stereocenters. The van der Waals surface area contributed by atoms with Crippen LogP contribution in [0.2, 0.25) is 0 Å². The van der Waals surface area contributed by atoms with Crippen LogP contribution in [0.3, 0.4) is 0 Å². The highest BCUT2D eigenvalue weighted by atomic mass is 35.5. The summed E-state index contributed by atoms with van der Waals surface area (Å²) in [6.07, 6.45) is 1.04. The van der Waals surface area contributed by atoms with Crippen LogP contribution in [-0.4, -0.2) is 42.3 Å². The molecule has 2 aliphatic heterocycles. The lowest BCUT2D eigenvalue weighted by Crippen LogP contribution is -2.57. The van der Waals surface area contributed by atoms with Crippen LogP contribution in [0.15, 0.2) is 35.5 Å². The number of amides is 1. The molecule has 162 valence electrons. The van der Waals surface area contributed by atoms with Gasteiger partial charge in [-0.25, -0.2) is 23.1 Å². The van der Waals surface area contributed by atoms with Gasteiger partial charge in [0.1, 0.15) is 11.9 Å². The number of carbonyl (C=O) groups is 1. The first-order valence-electron chi connectivity index (χ1n) is 8.71. The molecule has 1 saturated heterocycles. The number of hydrogen-bond acceptors (Lipinski definition) is 7. The molecule has 1 amide bonds. The zero-order chi connectivity index (χ0) is 21.5. The summed E-state index contributed by atoms with van der Waals surface area (Å²) in [5, 5.41) is 11.1. The third kappa shape index (κ3) is 3.64. The number of nitrogens with zero attached hydrogens (tertiary/aromatic N) is 3. The first-order valence-corrected chi connectivity index (χ1v) is 8.71. The predicted octanol–water partition coefficient (Wildman–Crippen LogP) is 2.18. The van der Waals surface area contributed by atoms with Crippen molar-refractivity contribution in [3.8, 4) is 6.07 Å². The van der Waals surface area contributed by atoms with Gasteiger partial charge in [0.2, 0.25) is 5.60 Å². The smallest absolute Gasteiger partial charge is 0.283 e. The molecule has 0 saturated carbocycles. The molecule has 0 unspecified atom stereocenters. The maximum atomic E-state index is 15.5. The second-order valence-corrected chi connectivity index (χ2v) is 6.86. The van der Waals surface area contributed by atoms with Gasteiger partial charge in [0.25, 0.3) is 11.9 Å². The van der Waals surface area contributed by atoms with E-state index in [9.17, 15) is 13.6 Å². The van der Waals surface area contributed by atoms with Gasteiger partial charge in [0.05, 0.1) is 25.3 Å². The van der Waals surface area contributed by atoms with Crippen LogP contribution in [-0.2, 0) is 15.1 Å². The SMILES string of the molecule is Cl.N#Cc1cnc(C(=O)Nc2ccc(F)c([C@]34COC[C@]3(F)CN=C(N)O4)c2)c(F)c1. The van der Waals surface area contributed by atoms with Crippen molar-refractivity contribution in [2.24, 2.45) is 10.7 Å². The van der Waals surface area contributed by atoms with Crippen LogP contribution in [0, 0.1) is 23.0 Å². The summed E-state index contributed by atoms with van der Waals surface area (Å²) in [4.78, 5) is 19.7. The Morgan fingerprint density at radius 3 is 2.74 bits per heavy atom. The van der Waals surface area contributed by atoms with E-state index in [0.717, 1.165) is 24.4 Å². The van der Waals surface area contributed by atoms with Gasteiger partial charge < -0.3 is 20.5 Å². The Bertz CT molecular complexity index is 1130. The number of hydrogen-bond donors (Lipinski definition) is 2. The minimum Gasteiger partial charge on any atom is -0.448 e. The third-order valence-electron chi connectivity index (χ3n) is 4.97. The van der Waals surface area contributed by atoms with Crippen molar-refractivity contribution in [3.05, 3.63) is 58.9 Å². The maximum Gasteiger partial charge on any atom is 0.283 e. The molecular formula is C19H15ClF3N5O3. The summed E-state index contributed by atoms with van der Waals surface area (Å²) in [5.41, 5.74) is 0.734. The number of rotatable bonds is 3. The van der Waals surface area contributed by atoms with Crippen molar-refractivity contribution in [1.82, 2.24) is 4.98 Å². The highest BCUT2D eigenvalue weighted by Crippen LogP contribution is 2.48. The summed E-state index contributed by atoms with van der Waals surface area (Å²) in [6.45, 7) is -1.07. The number of amidine groups is 1. The van der Waals surface area contributed by atoms with E-state index in [0.29, 0.717) is 0 Å². The molecule has 1 aromatic carbocycles. The van der Waals surface area contributed by atoms with Crippen molar-refractivity contribution in [1.29, 1.82) is 5.26 Å². The second-order valence-electron chi connectivity index (χ2n) is 6.86. The number of nitriles is 1. The van der Waals surface area contributed by atoms with E-state index in [2.05, 4.69) is 15.3 Å². The monoisotopic (exact) mass is 453 g/mol. The highest BCUT2D eigenvalue weighted by molar-refractivity contribution is 6.03.